The lowest BCUT2D eigenvalue weighted by molar-refractivity contribution is 1.07. The molecule has 0 unspecified atom stereocenters. The zero-order valence-electron chi connectivity index (χ0n) is 5.57. The molecule has 0 radical (unpaired) electrons. The van der Waals surface area contributed by atoms with Crippen LogP contribution in [0.1, 0.15) is 0 Å². The van der Waals surface area contributed by atoms with Crippen LogP contribution in [0.2, 0.25) is 0 Å². The van der Waals surface area contributed by atoms with Gasteiger partial charge in [-0.3, -0.25) is 5.10 Å². The third-order valence-corrected chi connectivity index (χ3v) is 1.45. The molecule has 2 aromatic heterocycles. The van der Waals surface area contributed by atoms with Gasteiger partial charge < -0.3 is 0 Å². The number of aromatic nitrogens is 3. The molecular formula is C6H5N5. The lowest BCUT2D eigenvalue weighted by atomic mass is 10.3. The number of H-pyrrole nitrogens is 1. The van der Waals surface area contributed by atoms with Crippen LogP contribution in [0.4, 0.5) is 5.82 Å². The van der Waals surface area contributed by atoms with Crippen LogP contribution in [0, 0.1) is 5.53 Å². The molecule has 5 heteroatoms. The minimum absolute atomic E-state index is 0.375. The number of pyridine rings is 1. The molecule has 0 aliphatic carbocycles. The standard InChI is InChI=1S/C6H5N5/c7-10-6-5-4(1-2-8-6)3-9-11-5/h1-3,7H,(H,9,11). The van der Waals surface area contributed by atoms with E-state index < -0.39 is 0 Å². The Labute approximate surface area is 62.0 Å². The Morgan fingerprint density at radius 1 is 1.55 bits per heavy atom. The lowest BCUT2D eigenvalue weighted by Gasteiger charge is -1.89. The predicted molar refractivity (Wildman–Crippen MR) is 38.7 cm³/mol. The summed E-state index contributed by atoms with van der Waals surface area (Å²) in [4.78, 5) is 3.87. The van der Waals surface area contributed by atoms with E-state index in [1.54, 1.807) is 12.4 Å². The summed E-state index contributed by atoms with van der Waals surface area (Å²) < 4.78 is 0. The summed E-state index contributed by atoms with van der Waals surface area (Å²) in [6.07, 6.45) is 3.27. The van der Waals surface area contributed by atoms with Crippen LogP contribution in [0.25, 0.3) is 10.9 Å². The van der Waals surface area contributed by atoms with Crippen LogP contribution >= 0.6 is 0 Å². The molecule has 54 valence electrons. The molecule has 0 atom stereocenters. The first-order valence-electron chi connectivity index (χ1n) is 3.07. The van der Waals surface area contributed by atoms with E-state index >= 15 is 0 Å². The smallest absolute Gasteiger partial charge is 0.199 e. The summed E-state index contributed by atoms with van der Waals surface area (Å²) in [7, 11) is 0. The van der Waals surface area contributed by atoms with E-state index in [1.165, 1.54) is 0 Å². The molecule has 2 heterocycles. The number of fused-ring (bicyclic) bond motifs is 1. The van der Waals surface area contributed by atoms with Gasteiger partial charge in [-0.25, -0.2) is 10.5 Å². The molecule has 0 saturated carbocycles. The van der Waals surface area contributed by atoms with Gasteiger partial charge in [-0.2, -0.15) is 5.10 Å². The molecule has 0 amide bonds. The van der Waals surface area contributed by atoms with Gasteiger partial charge in [-0.1, -0.05) is 0 Å². The van der Waals surface area contributed by atoms with Gasteiger partial charge in [-0.15, -0.1) is 5.11 Å². The number of hydrogen-bond acceptors (Lipinski definition) is 4. The average Bonchev–Trinajstić information content (AvgIpc) is 2.50. The second-order valence-corrected chi connectivity index (χ2v) is 2.08. The molecule has 0 aliphatic rings. The van der Waals surface area contributed by atoms with Crippen molar-refractivity contribution in [1.29, 1.82) is 5.53 Å². The molecule has 2 rings (SSSR count). The Bertz CT molecular complexity index is 391. The Balaban J connectivity index is 2.88. The maximum atomic E-state index is 6.78. The second-order valence-electron chi connectivity index (χ2n) is 2.08. The number of nitrogens with zero attached hydrogens (tertiary/aromatic N) is 3. The highest BCUT2D eigenvalue weighted by Gasteiger charge is 2.00. The fourth-order valence-electron chi connectivity index (χ4n) is 0.938. The number of nitrogens with one attached hydrogen (secondary N) is 2. The predicted octanol–water partition coefficient (Wildman–Crippen LogP) is 1.62. The van der Waals surface area contributed by atoms with Gasteiger partial charge >= 0.3 is 0 Å². The molecule has 0 saturated heterocycles. The molecule has 0 bridgehead atoms. The third kappa shape index (κ3) is 0.778. The Morgan fingerprint density at radius 3 is 3.27 bits per heavy atom. The maximum absolute atomic E-state index is 6.78. The van der Waals surface area contributed by atoms with Crippen molar-refractivity contribution >= 4 is 16.7 Å². The van der Waals surface area contributed by atoms with Crippen LogP contribution in [-0.4, -0.2) is 15.2 Å². The Kier molecular flexibility index (Phi) is 1.15. The van der Waals surface area contributed by atoms with Gasteiger partial charge in [0.05, 0.1) is 6.20 Å². The van der Waals surface area contributed by atoms with E-state index in [2.05, 4.69) is 20.3 Å². The van der Waals surface area contributed by atoms with Gasteiger partial charge in [0, 0.05) is 11.6 Å². The fourth-order valence-corrected chi connectivity index (χ4v) is 0.938. The molecule has 0 fully saturated rings. The number of aromatic amines is 1. The van der Waals surface area contributed by atoms with Crippen LogP contribution in [0.5, 0.6) is 0 Å². The van der Waals surface area contributed by atoms with Crippen molar-refractivity contribution in [2.45, 2.75) is 0 Å². The molecule has 2 aromatic rings. The molecular weight excluding hydrogens is 142 g/mol. The highest BCUT2D eigenvalue weighted by Crippen LogP contribution is 2.19. The maximum Gasteiger partial charge on any atom is 0.199 e. The van der Waals surface area contributed by atoms with E-state index in [4.69, 9.17) is 5.53 Å². The van der Waals surface area contributed by atoms with Crippen molar-refractivity contribution in [3.63, 3.8) is 0 Å². The highest BCUT2D eigenvalue weighted by atomic mass is 15.1. The van der Waals surface area contributed by atoms with Crippen LogP contribution < -0.4 is 0 Å². The molecule has 11 heavy (non-hydrogen) atoms. The summed E-state index contributed by atoms with van der Waals surface area (Å²) >= 11 is 0. The SMILES string of the molecule is N=Nc1nccc2cn[nH]c12. The summed E-state index contributed by atoms with van der Waals surface area (Å²) in [5.74, 6) is 0.375. The molecule has 2 N–H and O–H groups in total. The van der Waals surface area contributed by atoms with Gasteiger partial charge in [0.1, 0.15) is 5.52 Å². The van der Waals surface area contributed by atoms with Gasteiger partial charge in [0.25, 0.3) is 0 Å². The van der Waals surface area contributed by atoms with Crippen LogP contribution in [0.3, 0.4) is 0 Å². The fraction of sp³-hybridized carbons (Fsp3) is 0. The summed E-state index contributed by atoms with van der Waals surface area (Å²) in [5, 5.41) is 10.7. The van der Waals surface area contributed by atoms with Crippen LogP contribution in [0.15, 0.2) is 23.6 Å². The lowest BCUT2D eigenvalue weighted by Crippen LogP contribution is -1.74. The topological polar surface area (TPSA) is 77.8 Å². The number of hydrogen-bond donors (Lipinski definition) is 2. The van der Waals surface area contributed by atoms with E-state index in [1.807, 2.05) is 6.07 Å². The normalized spacial score (nSPS) is 10.2. The van der Waals surface area contributed by atoms with Gasteiger partial charge in [-0.05, 0) is 6.07 Å². The molecule has 0 aliphatic heterocycles. The third-order valence-electron chi connectivity index (χ3n) is 1.45. The van der Waals surface area contributed by atoms with Gasteiger partial charge in [0.2, 0.25) is 0 Å². The Morgan fingerprint density at radius 2 is 2.45 bits per heavy atom. The summed E-state index contributed by atoms with van der Waals surface area (Å²) in [5.41, 5.74) is 7.49. The first kappa shape index (κ1) is 5.96. The van der Waals surface area contributed by atoms with Crippen molar-refractivity contribution in [2.24, 2.45) is 5.11 Å². The molecule has 0 spiro atoms. The number of rotatable bonds is 1. The van der Waals surface area contributed by atoms with E-state index in [0.717, 1.165) is 5.39 Å². The highest BCUT2D eigenvalue weighted by molar-refractivity contribution is 5.85. The second kappa shape index (κ2) is 2.12. The van der Waals surface area contributed by atoms with Crippen molar-refractivity contribution in [2.75, 3.05) is 0 Å². The Hall–Kier alpha value is -1.78. The average molecular weight is 147 g/mol. The first-order valence-corrected chi connectivity index (χ1v) is 3.07. The summed E-state index contributed by atoms with van der Waals surface area (Å²) in [6.45, 7) is 0. The summed E-state index contributed by atoms with van der Waals surface area (Å²) in [6, 6.07) is 1.81. The van der Waals surface area contributed by atoms with Crippen molar-refractivity contribution in [1.82, 2.24) is 15.2 Å². The molecule has 0 aromatic carbocycles. The van der Waals surface area contributed by atoms with E-state index in [0.29, 0.717) is 11.3 Å². The zero-order valence-corrected chi connectivity index (χ0v) is 5.57. The van der Waals surface area contributed by atoms with E-state index in [9.17, 15) is 0 Å². The monoisotopic (exact) mass is 147 g/mol. The minimum atomic E-state index is 0.375. The largest absolute Gasteiger partial charge is 0.274 e. The van der Waals surface area contributed by atoms with Gasteiger partial charge in [0.15, 0.2) is 5.82 Å². The van der Waals surface area contributed by atoms with Crippen molar-refractivity contribution < 1.29 is 0 Å². The van der Waals surface area contributed by atoms with E-state index in [-0.39, 0.29) is 0 Å². The zero-order chi connectivity index (χ0) is 7.68. The first-order chi connectivity index (χ1) is 5.42. The molecule has 5 nitrogen and oxygen atoms in total. The van der Waals surface area contributed by atoms with Crippen molar-refractivity contribution in [3.05, 3.63) is 18.5 Å². The minimum Gasteiger partial charge on any atom is -0.274 e. The van der Waals surface area contributed by atoms with Crippen LogP contribution in [-0.2, 0) is 0 Å². The van der Waals surface area contributed by atoms with Crippen molar-refractivity contribution in [3.8, 4) is 0 Å². The quantitative estimate of drug-likeness (QED) is 0.601.